The van der Waals surface area contributed by atoms with Gasteiger partial charge in [0.2, 0.25) is 0 Å². The molecular formula is C12H28ClN. The van der Waals surface area contributed by atoms with Crippen molar-refractivity contribution in [2.45, 2.75) is 58.8 Å². The first-order valence-electron chi connectivity index (χ1n) is 6.12. The van der Waals surface area contributed by atoms with E-state index < -0.39 is 0 Å². The van der Waals surface area contributed by atoms with Crippen LogP contribution >= 0.6 is 0 Å². The minimum absolute atomic E-state index is 0. The number of nitrogens with one attached hydrogen (secondary N) is 1. The van der Waals surface area contributed by atoms with Gasteiger partial charge in [-0.05, 0) is 19.8 Å². The smallest absolute Gasteiger partial charge is 0.0768 e. The molecule has 0 aliphatic carbocycles. The van der Waals surface area contributed by atoms with E-state index in [4.69, 9.17) is 0 Å². The van der Waals surface area contributed by atoms with Crippen molar-refractivity contribution in [1.29, 1.82) is 0 Å². The molecule has 0 heterocycles. The lowest BCUT2D eigenvalue weighted by Crippen LogP contribution is -3.08. The molecule has 1 nitrogen and oxygen atoms in total. The maximum atomic E-state index is 2.29. The quantitative estimate of drug-likeness (QED) is 0.490. The van der Waals surface area contributed by atoms with Crippen LogP contribution in [0.3, 0.4) is 0 Å². The predicted molar refractivity (Wildman–Crippen MR) is 60.3 cm³/mol. The summed E-state index contributed by atoms with van der Waals surface area (Å²) < 4.78 is 0. The van der Waals surface area contributed by atoms with Crippen molar-refractivity contribution >= 4 is 0 Å². The van der Waals surface area contributed by atoms with Crippen molar-refractivity contribution in [1.82, 2.24) is 0 Å². The summed E-state index contributed by atoms with van der Waals surface area (Å²) in [7, 11) is 2.29. The highest BCUT2D eigenvalue weighted by molar-refractivity contribution is 4.43. The molecule has 0 saturated heterocycles. The first-order valence-corrected chi connectivity index (χ1v) is 6.12. The molecule has 14 heavy (non-hydrogen) atoms. The SMILES string of the molecule is CCCCCCCCC[NH+](C)CC.[Cl-]. The van der Waals surface area contributed by atoms with Gasteiger partial charge in [0.1, 0.15) is 0 Å². The second kappa shape index (κ2) is 13.2. The molecule has 1 N–H and O–H groups in total. The van der Waals surface area contributed by atoms with Crippen LogP contribution in [-0.2, 0) is 0 Å². The highest BCUT2D eigenvalue weighted by Crippen LogP contribution is 2.05. The number of hydrogen-bond acceptors (Lipinski definition) is 0. The Morgan fingerprint density at radius 3 is 1.79 bits per heavy atom. The van der Waals surface area contributed by atoms with E-state index in [2.05, 4.69) is 20.9 Å². The Balaban J connectivity index is 0. The fraction of sp³-hybridized carbons (Fsp3) is 1.00. The molecule has 2 heteroatoms. The third kappa shape index (κ3) is 12.2. The normalized spacial score (nSPS) is 12.2. The zero-order valence-electron chi connectivity index (χ0n) is 10.2. The fourth-order valence-corrected chi connectivity index (χ4v) is 1.56. The second-order valence-electron chi connectivity index (χ2n) is 4.18. The van der Waals surface area contributed by atoms with Crippen LogP contribution in [0.5, 0.6) is 0 Å². The van der Waals surface area contributed by atoms with E-state index in [1.807, 2.05) is 0 Å². The topological polar surface area (TPSA) is 4.44 Å². The molecular weight excluding hydrogens is 194 g/mol. The molecule has 1 atom stereocenters. The van der Waals surface area contributed by atoms with Crippen LogP contribution in [0.4, 0.5) is 0 Å². The van der Waals surface area contributed by atoms with Crippen molar-refractivity contribution in [3.8, 4) is 0 Å². The van der Waals surface area contributed by atoms with E-state index in [0.29, 0.717) is 0 Å². The van der Waals surface area contributed by atoms with Gasteiger partial charge in [-0.2, -0.15) is 0 Å². The summed E-state index contributed by atoms with van der Waals surface area (Å²) in [5.41, 5.74) is 0. The number of quaternary nitrogens is 1. The Hall–Kier alpha value is 0.250. The van der Waals surface area contributed by atoms with Gasteiger partial charge in [0.05, 0.1) is 20.1 Å². The molecule has 0 aliphatic heterocycles. The Morgan fingerprint density at radius 2 is 1.29 bits per heavy atom. The van der Waals surface area contributed by atoms with Crippen molar-refractivity contribution in [2.24, 2.45) is 0 Å². The first-order chi connectivity index (χ1) is 6.31. The summed E-state index contributed by atoms with van der Waals surface area (Å²) >= 11 is 0. The molecule has 0 rings (SSSR count). The minimum Gasteiger partial charge on any atom is -1.00 e. The van der Waals surface area contributed by atoms with Crippen LogP contribution in [-0.4, -0.2) is 20.1 Å². The summed E-state index contributed by atoms with van der Waals surface area (Å²) in [5, 5.41) is 0. The Kier molecular flexibility index (Phi) is 15.8. The maximum Gasteiger partial charge on any atom is 0.0768 e. The molecule has 0 aromatic heterocycles. The van der Waals surface area contributed by atoms with E-state index in [9.17, 15) is 0 Å². The van der Waals surface area contributed by atoms with Crippen LogP contribution in [0.15, 0.2) is 0 Å². The van der Waals surface area contributed by atoms with Gasteiger partial charge in [-0.15, -0.1) is 0 Å². The Labute approximate surface area is 96.7 Å². The summed E-state index contributed by atoms with van der Waals surface area (Å²) in [6, 6.07) is 0. The van der Waals surface area contributed by atoms with E-state index in [1.165, 1.54) is 58.0 Å². The van der Waals surface area contributed by atoms with Gasteiger partial charge in [-0.1, -0.05) is 39.0 Å². The predicted octanol–water partition coefficient (Wildman–Crippen LogP) is -0.724. The lowest BCUT2D eigenvalue weighted by atomic mass is 10.1. The number of hydrogen-bond donors (Lipinski definition) is 1. The van der Waals surface area contributed by atoms with Gasteiger partial charge in [0.25, 0.3) is 0 Å². The van der Waals surface area contributed by atoms with Gasteiger partial charge >= 0.3 is 0 Å². The Morgan fingerprint density at radius 1 is 0.786 bits per heavy atom. The number of halogens is 1. The summed E-state index contributed by atoms with van der Waals surface area (Å²) in [6.45, 7) is 7.18. The summed E-state index contributed by atoms with van der Waals surface area (Å²) in [6.07, 6.45) is 10.0. The molecule has 0 amide bonds. The molecule has 0 aromatic rings. The average molecular weight is 222 g/mol. The Bertz CT molecular complexity index is 96.3. The van der Waals surface area contributed by atoms with Crippen LogP contribution in [0.2, 0.25) is 0 Å². The van der Waals surface area contributed by atoms with Crippen LogP contribution in [0, 0.1) is 0 Å². The number of rotatable bonds is 9. The lowest BCUT2D eigenvalue weighted by molar-refractivity contribution is -0.877. The van der Waals surface area contributed by atoms with Crippen LogP contribution in [0.25, 0.3) is 0 Å². The third-order valence-electron chi connectivity index (χ3n) is 2.81. The van der Waals surface area contributed by atoms with E-state index in [1.54, 1.807) is 4.90 Å². The van der Waals surface area contributed by atoms with Crippen molar-refractivity contribution in [3.05, 3.63) is 0 Å². The van der Waals surface area contributed by atoms with Crippen LogP contribution < -0.4 is 17.3 Å². The molecule has 0 aromatic carbocycles. The molecule has 88 valence electrons. The third-order valence-corrected chi connectivity index (χ3v) is 2.81. The standard InChI is InChI=1S/C12H27N.ClH/c1-4-6-7-8-9-10-11-12-13(3)5-2;/h4-12H2,1-3H3;1H. The molecule has 0 radical (unpaired) electrons. The summed E-state index contributed by atoms with van der Waals surface area (Å²) in [5.74, 6) is 0. The monoisotopic (exact) mass is 221 g/mol. The zero-order valence-corrected chi connectivity index (χ0v) is 11.0. The van der Waals surface area contributed by atoms with E-state index >= 15 is 0 Å². The maximum absolute atomic E-state index is 2.29. The van der Waals surface area contributed by atoms with Gasteiger partial charge in [-0.3, -0.25) is 0 Å². The average Bonchev–Trinajstić information content (AvgIpc) is 2.16. The highest BCUT2D eigenvalue weighted by Gasteiger charge is 1.96. The van der Waals surface area contributed by atoms with Gasteiger partial charge in [0.15, 0.2) is 0 Å². The largest absolute Gasteiger partial charge is 1.00 e. The minimum atomic E-state index is 0. The molecule has 1 unspecified atom stereocenters. The molecule has 0 aliphatic rings. The first kappa shape index (κ1) is 16.7. The second-order valence-corrected chi connectivity index (χ2v) is 4.18. The van der Waals surface area contributed by atoms with Crippen molar-refractivity contribution in [3.63, 3.8) is 0 Å². The molecule has 0 bridgehead atoms. The van der Waals surface area contributed by atoms with Crippen molar-refractivity contribution in [2.75, 3.05) is 20.1 Å². The fourth-order valence-electron chi connectivity index (χ4n) is 1.56. The van der Waals surface area contributed by atoms with Gasteiger partial charge in [0, 0.05) is 0 Å². The van der Waals surface area contributed by atoms with Crippen molar-refractivity contribution < 1.29 is 17.3 Å². The highest BCUT2D eigenvalue weighted by atomic mass is 35.5. The van der Waals surface area contributed by atoms with Crippen LogP contribution in [0.1, 0.15) is 58.8 Å². The van der Waals surface area contributed by atoms with E-state index in [0.717, 1.165) is 0 Å². The summed E-state index contributed by atoms with van der Waals surface area (Å²) in [4.78, 5) is 1.67. The lowest BCUT2D eigenvalue weighted by Gasteiger charge is -2.10. The zero-order chi connectivity index (χ0) is 9.94. The number of unbranched alkanes of at least 4 members (excludes halogenated alkanes) is 6. The van der Waals surface area contributed by atoms with E-state index in [-0.39, 0.29) is 12.4 Å². The molecule has 0 fully saturated rings. The van der Waals surface area contributed by atoms with Gasteiger partial charge < -0.3 is 17.3 Å². The molecule has 0 spiro atoms. The molecule has 0 saturated carbocycles. The van der Waals surface area contributed by atoms with Gasteiger partial charge in [-0.25, -0.2) is 0 Å².